The molecule has 1 saturated carbocycles. The molecular formula is C24H20F3NO5. The molecule has 0 bridgehead atoms. The molecule has 33 heavy (non-hydrogen) atoms. The predicted molar refractivity (Wildman–Crippen MR) is 112 cm³/mol. The van der Waals surface area contributed by atoms with Crippen molar-refractivity contribution >= 4 is 5.97 Å². The second-order valence-corrected chi connectivity index (χ2v) is 7.58. The van der Waals surface area contributed by atoms with Crippen LogP contribution < -0.4 is 14.2 Å². The van der Waals surface area contributed by atoms with Gasteiger partial charge in [-0.1, -0.05) is 12.1 Å². The third kappa shape index (κ3) is 5.94. The number of halogens is 3. The van der Waals surface area contributed by atoms with Crippen LogP contribution in [0.2, 0.25) is 0 Å². The molecule has 6 nitrogen and oxygen atoms in total. The number of pyridine rings is 1. The smallest absolute Gasteiger partial charge is 0.387 e. The lowest BCUT2D eigenvalue weighted by Crippen LogP contribution is -2.10. The van der Waals surface area contributed by atoms with Gasteiger partial charge >= 0.3 is 12.6 Å². The first-order valence-electron chi connectivity index (χ1n) is 10.2. The summed E-state index contributed by atoms with van der Waals surface area (Å²) in [6, 6.07) is 12.1. The molecular weight excluding hydrogens is 439 g/mol. The van der Waals surface area contributed by atoms with Crippen LogP contribution in [-0.2, 0) is 6.61 Å². The van der Waals surface area contributed by atoms with Gasteiger partial charge in [-0.25, -0.2) is 14.2 Å². The third-order valence-electron chi connectivity index (χ3n) is 5.06. The number of nitrogens with zero attached hydrogens (tertiary/aromatic N) is 1. The van der Waals surface area contributed by atoms with E-state index in [9.17, 15) is 18.0 Å². The summed E-state index contributed by atoms with van der Waals surface area (Å²) >= 11 is 0. The Morgan fingerprint density at radius 1 is 1.09 bits per heavy atom. The zero-order chi connectivity index (χ0) is 23.4. The minimum atomic E-state index is -3.21. The summed E-state index contributed by atoms with van der Waals surface area (Å²) in [7, 11) is 0. The van der Waals surface area contributed by atoms with Crippen LogP contribution in [0.3, 0.4) is 0 Å². The van der Waals surface area contributed by atoms with Crippen LogP contribution >= 0.6 is 0 Å². The molecule has 2 aromatic carbocycles. The Bertz CT molecular complexity index is 1130. The van der Waals surface area contributed by atoms with E-state index in [2.05, 4.69) is 9.72 Å². The quantitative estimate of drug-likeness (QED) is 0.428. The Labute approximate surface area is 187 Å². The number of carboxylic acids is 1. The van der Waals surface area contributed by atoms with Gasteiger partial charge in [-0.3, -0.25) is 0 Å². The predicted octanol–water partition coefficient (Wildman–Crippen LogP) is 5.56. The molecule has 0 saturated heterocycles. The number of rotatable bonds is 10. The average Bonchev–Trinajstić information content (AvgIpc) is 3.62. The fraction of sp³-hybridized carbons (Fsp3) is 0.250. The number of hydrogen-bond acceptors (Lipinski definition) is 5. The zero-order valence-corrected chi connectivity index (χ0v) is 17.3. The van der Waals surface area contributed by atoms with E-state index in [1.807, 2.05) is 12.1 Å². The number of aromatic nitrogens is 1. The van der Waals surface area contributed by atoms with Crippen LogP contribution in [-0.4, -0.2) is 29.3 Å². The number of benzene rings is 2. The summed E-state index contributed by atoms with van der Waals surface area (Å²) < 4.78 is 55.2. The summed E-state index contributed by atoms with van der Waals surface area (Å²) in [4.78, 5) is 15.4. The molecule has 1 heterocycles. The van der Waals surface area contributed by atoms with Crippen LogP contribution in [0.1, 0.15) is 28.8 Å². The van der Waals surface area contributed by atoms with Crippen LogP contribution in [0.25, 0.3) is 11.1 Å². The highest BCUT2D eigenvalue weighted by molar-refractivity contribution is 5.88. The van der Waals surface area contributed by atoms with Crippen molar-refractivity contribution in [3.8, 4) is 28.5 Å². The van der Waals surface area contributed by atoms with Gasteiger partial charge in [0.05, 0.1) is 12.2 Å². The molecule has 1 N–H and O–H groups in total. The van der Waals surface area contributed by atoms with Crippen molar-refractivity contribution in [3.05, 3.63) is 71.7 Å². The van der Waals surface area contributed by atoms with E-state index in [4.69, 9.17) is 14.6 Å². The number of alkyl halides is 2. The number of carboxylic acid groups (broad SMARTS) is 1. The van der Waals surface area contributed by atoms with E-state index >= 15 is 0 Å². The van der Waals surface area contributed by atoms with Crippen molar-refractivity contribution < 1.29 is 37.3 Å². The van der Waals surface area contributed by atoms with Gasteiger partial charge in [-0.15, -0.1) is 0 Å². The molecule has 0 radical (unpaired) electrons. The Balaban J connectivity index is 1.47. The monoisotopic (exact) mass is 459 g/mol. The van der Waals surface area contributed by atoms with E-state index in [-0.39, 0.29) is 12.2 Å². The Kier molecular flexibility index (Phi) is 6.67. The summed E-state index contributed by atoms with van der Waals surface area (Å²) in [6.45, 7) is -2.85. The highest BCUT2D eigenvalue weighted by Gasteiger charge is 2.22. The minimum absolute atomic E-state index is 0.0537. The molecule has 1 aliphatic carbocycles. The van der Waals surface area contributed by atoms with E-state index in [0.717, 1.165) is 23.3 Å². The molecule has 3 aromatic rings. The minimum Gasteiger partial charge on any atom is -0.489 e. The number of aromatic carboxylic acids is 1. The first-order valence-corrected chi connectivity index (χ1v) is 10.2. The van der Waals surface area contributed by atoms with Crippen LogP contribution in [0, 0.1) is 11.7 Å². The Morgan fingerprint density at radius 3 is 2.58 bits per heavy atom. The lowest BCUT2D eigenvalue weighted by molar-refractivity contribution is -0.0510. The SMILES string of the molecule is O=C(O)c1cc(OC(F)F)c(COc2cccc(-c3ccc(OCC4CC4)nc3)c2)cc1F. The molecule has 0 aliphatic heterocycles. The largest absolute Gasteiger partial charge is 0.489 e. The number of carbonyl (C=O) groups is 1. The van der Waals surface area contributed by atoms with Crippen molar-refractivity contribution in [1.82, 2.24) is 4.98 Å². The third-order valence-corrected chi connectivity index (χ3v) is 5.06. The van der Waals surface area contributed by atoms with Gasteiger partial charge in [0.25, 0.3) is 0 Å². The molecule has 1 fully saturated rings. The molecule has 4 rings (SSSR count). The molecule has 0 spiro atoms. The van der Waals surface area contributed by atoms with Gasteiger partial charge < -0.3 is 19.3 Å². The molecule has 0 unspecified atom stereocenters. The van der Waals surface area contributed by atoms with E-state index < -0.39 is 29.7 Å². The number of ether oxygens (including phenoxy) is 3. The highest BCUT2D eigenvalue weighted by Crippen LogP contribution is 2.30. The molecule has 1 aromatic heterocycles. The second kappa shape index (κ2) is 9.81. The first kappa shape index (κ1) is 22.4. The van der Waals surface area contributed by atoms with Gasteiger partial charge in [0.15, 0.2) is 0 Å². The van der Waals surface area contributed by atoms with Crippen molar-refractivity contribution in [2.45, 2.75) is 26.1 Å². The first-order chi connectivity index (χ1) is 15.9. The van der Waals surface area contributed by atoms with E-state index in [1.165, 1.54) is 12.8 Å². The van der Waals surface area contributed by atoms with Crippen LogP contribution in [0.4, 0.5) is 13.2 Å². The summed E-state index contributed by atoms with van der Waals surface area (Å²) in [5.41, 5.74) is 0.790. The number of hydrogen-bond donors (Lipinski definition) is 1. The van der Waals surface area contributed by atoms with E-state index in [1.54, 1.807) is 30.5 Å². The topological polar surface area (TPSA) is 77.9 Å². The van der Waals surface area contributed by atoms with Gasteiger partial charge in [0.2, 0.25) is 5.88 Å². The summed E-state index contributed by atoms with van der Waals surface area (Å²) in [6.07, 6.45) is 4.06. The van der Waals surface area contributed by atoms with Crippen LogP contribution in [0.5, 0.6) is 17.4 Å². The van der Waals surface area contributed by atoms with Crippen molar-refractivity contribution in [2.75, 3.05) is 6.61 Å². The molecule has 1 aliphatic rings. The van der Waals surface area contributed by atoms with Crippen LogP contribution in [0.15, 0.2) is 54.7 Å². The fourth-order valence-electron chi connectivity index (χ4n) is 3.13. The maximum atomic E-state index is 14.1. The Hall–Kier alpha value is -3.75. The zero-order valence-electron chi connectivity index (χ0n) is 17.3. The maximum absolute atomic E-state index is 14.1. The van der Waals surface area contributed by atoms with Gasteiger partial charge in [0, 0.05) is 23.4 Å². The van der Waals surface area contributed by atoms with Crippen molar-refractivity contribution in [3.63, 3.8) is 0 Å². The molecule has 0 amide bonds. The lowest BCUT2D eigenvalue weighted by Gasteiger charge is -2.14. The molecule has 172 valence electrons. The summed E-state index contributed by atoms with van der Waals surface area (Å²) in [5, 5.41) is 9.01. The van der Waals surface area contributed by atoms with Gasteiger partial charge in [-0.2, -0.15) is 8.78 Å². The highest BCUT2D eigenvalue weighted by atomic mass is 19.3. The normalized spacial score (nSPS) is 13.1. The lowest BCUT2D eigenvalue weighted by atomic mass is 10.1. The maximum Gasteiger partial charge on any atom is 0.387 e. The molecule has 0 atom stereocenters. The average molecular weight is 459 g/mol. The van der Waals surface area contributed by atoms with Gasteiger partial charge in [0.1, 0.15) is 23.9 Å². The van der Waals surface area contributed by atoms with E-state index in [0.29, 0.717) is 24.2 Å². The van der Waals surface area contributed by atoms with Crippen molar-refractivity contribution in [1.29, 1.82) is 0 Å². The second-order valence-electron chi connectivity index (χ2n) is 7.58. The summed E-state index contributed by atoms with van der Waals surface area (Å²) in [5.74, 6) is -1.56. The molecule has 9 heteroatoms. The fourth-order valence-corrected chi connectivity index (χ4v) is 3.13. The van der Waals surface area contributed by atoms with Gasteiger partial charge in [-0.05, 0) is 54.7 Å². The van der Waals surface area contributed by atoms with Crippen molar-refractivity contribution in [2.24, 2.45) is 5.92 Å². The Morgan fingerprint density at radius 2 is 1.91 bits per heavy atom. The standard InChI is InChI=1S/C24H20F3NO5/c25-20-9-17(21(33-24(26)27)10-19(20)23(29)30)13-31-18-3-1-2-15(8-18)16-6-7-22(28-11-16)32-12-14-4-5-14/h1-3,6-11,14,24H,4-5,12-13H2,(H,29,30).